The smallest absolute Gasteiger partial charge is 0.0832 e. The van der Waals surface area contributed by atoms with Crippen molar-refractivity contribution in [3.8, 4) is 0 Å². The van der Waals surface area contributed by atoms with Crippen LogP contribution in [0.2, 0.25) is 0 Å². The molecule has 0 aromatic rings. The zero-order valence-electron chi connectivity index (χ0n) is 9.49. The normalized spacial score (nSPS) is 19.2. The van der Waals surface area contributed by atoms with Crippen molar-refractivity contribution in [1.29, 1.82) is 0 Å². The highest BCUT2D eigenvalue weighted by Crippen LogP contribution is 2.23. The Hall–Kier alpha value is -0.0800. The molecule has 13 heavy (non-hydrogen) atoms. The number of aliphatic hydroxyl groups excluding tert-OH is 2. The molecule has 0 aromatic heterocycles. The van der Waals surface area contributed by atoms with Crippen LogP contribution in [-0.2, 0) is 0 Å². The molecule has 0 rings (SSSR count). The number of hydrogen-bond donors (Lipinski definition) is 2. The van der Waals surface area contributed by atoms with Crippen LogP contribution < -0.4 is 0 Å². The third kappa shape index (κ3) is 3.65. The lowest BCUT2D eigenvalue weighted by atomic mass is 9.83. The predicted octanol–water partition coefficient (Wildman–Crippen LogP) is 2.05. The van der Waals surface area contributed by atoms with Gasteiger partial charge < -0.3 is 10.2 Å². The molecular formula is C11H24O2. The Morgan fingerprint density at radius 2 is 1.31 bits per heavy atom. The number of hydrogen-bond acceptors (Lipinski definition) is 2. The van der Waals surface area contributed by atoms with E-state index in [1.54, 1.807) is 0 Å². The summed E-state index contributed by atoms with van der Waals surface area (Å²) in [7, 11) is 0. The lowest BCUT2D eigenvalue weighted by Crippen LogP contribution is -2.38. The zero-order chi connectivity index (χ0) is 10.6. The van der Waals surface area contributed by atoms with Gasteiger partial charge in [0.1, 0.15) is 0 Å². The number of rotatable bonds is 5. The van der Waals surface area contributed by atoms with Crippen molar-refractivity contribution in [2.45, 2.75) is 53.2 Å². The van der Waals surface area contributed by atoms with Gasteiger partial charge in [-0.1, -0.05) is 41.0 Å². The third-order valence-corrected chi connectivity index (χ3v) is 2.80. The highest BCUT2D eigenvalue weighted by Gasteiger charge is 2.28. The van der Waals surface area contributed by atoms with Crippen molar-refractivity contribution in [2.75, 3.05) is 0 Å². The molecular weight excluding hydrogens is 164 g/mol. The van der Waals surface area contributed by atoms with E-state index in [9.17, 15) is 10.2 Å². The topological polar surface area (TPSA) is 40.5 Å². The summed E-state index contributed by atoms with van der Waals surface area (Å²) in [5.74, 6) is 0.758. The summed E-state index contributed by atoms with van der Waals surface area (Å²) in [5, 5.41) is 19.6. The molecule has 0 saturated carbocycles. The van der Waals surface area contributed by atoms with Crippen LogP contribution in [-0.4, -0.2) is 22.4 Å². The molecule has 2 N–H and O–H groups in total. The maximum atomic E-state index is 9.87. The van der Waals surface area contributed by atoms with Gasteiger partial charge in [-0.05, 0) is 17.8 Å². The fraction of sp³-hybridized carbons (Fsp3) is 1.00. The maximum absolute atomic E-state index is 9.87. The van der Waals surface area contributed by atoms with Crippen molar-refractivity contribution < 1.29 is 10.2 Å². The van der Waals surface area contributed by atoms with E-state index < -0.39 is 12.2 Å². The van der Waals surface area contributed by atoms with Crippen LogP contribution in [0.5, 0.6) is 0 Å². The molecule has 0 aromatic carbocycles. The van der Waals surface area contributed by atoms with Crippen LogP contribution in [0.3, 0.4) is 0 Å². The van der Waals surface area contributed by atoms with Gasteiger partial charge >= 0.3 is 0 Å². The summed E-state index contributed by atoms with van der Waals surface area (Å²) in [6, 6.07) is 0. The second-order valence-electron chi connectivity index (χ2n) is 4.54. The first-order valence-corrected chi connectivity index (χ1v) is 5.27. The third-order valence-electron chi connectivity index (χ3n) is 2.80. The molecule has 0 unspecified atom stereocenters. The van der Waals surface area contributed by atoms with Crippen molar-refractivity contribution in [3.05, 3.63) is 0 Å². The first kappa shape index (κ1) is 12.9. The molecule has 2 nitrogen and oxygen atoms in total. The average Bonchev–Trinajstić information content (AvgIpc) is 2.03. The van der Waals surface area contributed by atoms with Gasteiger partial charge in [-0.25, -0.2) is 0 Å². The van der Waals surface area contributed by atoms with Crippen LogP contribution in [0.1, 0.15) is 41.0 Å². The van der Waals surface area contributed by atoms with Gasteiger partial charge in [-0.2, -0.15) is 0 Å². The van der Waals surface area contributed by atoms with Gasteiger partial charge in [0.05, 0.1) is 12.2 Å². The molecule has 0 aliphatic carbocycles. The SMILES string of the molecule is CC[C@H](C(C)C)[C@H](O)[C@@H](O)C(C)C. The Morgan fingerprint density at radius 3 is 1.54 bits per heavy atom. The molecule has 0 spiro atoms. The maximum Gasteiger partial charge on any atom is 0.0832 e. The molecule has 0 aliphatic heterocycles. The molecule has 0 radical (unpaired) electrons. The Morgan fingerprint density at radius 1 is 0.846 bits per heavy atom. The van der Waals surface area contributed by atoms with Crippen LogP contribution in [0.15, 0.2) is 0 Å². The lowest BCUT2D eigenvalue weighted by Gasteiger charge is -2.30. The average molecular weight is 188 g/mol. The van der Waals surface area contributed by atoms with Crippen molar-refractivity contribution in [3.63, 3.8) is 0 Å². The minimum atomic E-state index is -0.590. The summed E-state index contributed by atoms with van der Waals surface area (Å²) in [4.78, 5) is 0. The molecule has 0 heterocycles. The molecule has 80 valence electrons. The first-order chi connectivity index (χ1) is 5.91. The van der Waals surface area contributed by atoms with Crippen LogP contribution >= 0.6 is 0 Å². The molecule has 0 aliphatic rings. The fourth-order valence-electron chi connectivity index (χ4n) is 1.75. The van der Waals surface area contributed by atoms with Crippen LogP contribution in [0.4, 0.5) is 0 Å². The van der Waals surface area contributed by atoms with Gasteiger partial charge in [0.15, 0.2) is 0 Å². The van der Waals surface area contributed by atoms with E-state index in [4.69, 9.17) is 0 Å². The van der Waals surface area contributed by atoms with Crippen LogP contribution in [0.25, 0.3) is 0 Å². The van der Waals surface area contributed by atoms with Gasteiger partial charge in [0.2, 0.25) is 0 Å². The minimum Gasteiger partial charge on any atom is -0.390 e. The summed E-state index contributed by atoms with van der Waals surface area (Å²) in [5.41, 5.74) is 0. The molecule has 0 saturated heterocycles. The van der Waals surface area contributed by atoms with Gasteiger partial charge in [0, 0.05) is 0 Å². The Balaban J connectivity index is 4.27. The predicted molar refractivity (Wildman–Crippen MR) is 55.5 cm³/mol. The molecule has 3 atom stereocenters. The minimum absolute atomic E-state index is 0.128. The zero-order valence-corrected chi connectivity index (χ0v) is 9.49. The second kappa shape index (κ2) is 5.61. The van der Waals surface area contributed by atoms with Crippen molar-refractivity contribution >= 4 is 0 Å². The van der Waals surface area contributed by atoms with E-state index in [-0.39, 0.29) is 11.8 Å². The fourth-order valence-corrected chi connectivity index (χ4v) is 1.75. The number of aliphatic hydroxyl groups is 2. The van der Waals surface area contributed by atoms with E-state index >= 15 is 0 Å². The quantitative estimate of drug-likeness (QED) is 0.693. The Kier molecular flexibility index (Phi) is 5.57. The van der Waals surface area contributed by atoms with E-state index in [1.165, 1.54) is 0 Å². The van der Waals surface area contributed by atoms with Gasteiger partial charge in [-0.15, -0.1) is 0 Å². The summed E-state index contributed by atoms with van der Waals surface area (Å²) in [6.07, 6.45) is -0.250. The van der Waals surface area contributed by atoms with Crippen LogP contribution in [0, 0.1) is 17.8 Å². The van der Waals surface area contributed by atoms with Gasteiger partial charge in [-0.3, -0.25) is 0 Å². The Labute approximate surface area is 82.0 Å². The summed E-state index contributed by atoms with van der Waals surface area (Å²) in [6.45, 7) is 10.1. The molecule has 0 fully saturated rings. The Bertz CT molecular complexity index is 132. The van der Waals surface area contributed by atoms with E-state index in [2.05, 4.69) is 20.8 Å². The highest BCUT2D eigenvalue weighted by molar-refractivity contribution is 4.78. The van der Waals surface area contributed by atoms with E-state index in [0.717, 1.165) is 6.42 Å². The van der Waals surface area contributed by atoms with Crippen molar-refractivity contribution in [2.24, 2.45) is 17.8 Å². The molecule has 0 amide bonds. The van der Waals surface area contributed by atoms with E-state index in [1.807, 2.05) is 13.8 Å². The molecule has 2 heteroatoms. The molecule has 0 bridgehead atoms. The largest absolute Gasteiger partial charge is 0.390 e. The van der Waals surface area contributed by atoms with Gasteiger partial charge in [0.25, 0.3) is 0 Å². The highest BCUT2D eigenvalue weighted by atomic mass is 16.3. The van der Waals surface area contributed by atoms with E-state index in [0.29, 0.717) is 5.92 Å². The summed E-state index contributed by atoms with van der Waals surface area (Å²) >= 11 is 0. The second-order valence-corrected chi connectivity index (χ2v) is 4.54. The first-order valence-electron chi connectivity index (χ1n) is 5.27. The van der Waals surface area contributed by atoms with Crippen molar-refractivity contribution in [1.82, 2.24) is 0 Å². The lowest BCUT2D eigenvalue weighted by molar-refractivity contribution is -0.0519. The standard InChI is InChI=1S/C11H24O2/c1-6-9(7(2)3)11(13)10(12)8(4)5/h7-13H,6H2,1-5H3/t9-,10+,11+/m1/s1. The monoisotopic (exact) mass is 188 g/mol. The summed E-state index contributed by atoms with van der Waals surface area (Å²) < 4.78 is 0.